The van der Waals surface area contributed by atoms with Gasteiger partial charge < -0.3 is 44.4 Å². The Kier molecular flexibility index (Phi) is 9.73. The quantitative estimate of drug-likeness (QED) is 0.407. The van der Waals surface area contributed by atoms with Gasteiger partial charge in [-0.2, -0.15) is 13.2 Å². The van der Waals surface area contributed by atoms with Gasteiger partial charge >= 0.3 is 6.18 Å². The molecule has 176 valence electrons. The van der Waals surface area contributed by atoms with E-state index in [1.165, 1.54) is 17.7 Å². The monoisotopic (exact) mass is 565 g/mol. The maximum atomic E-state index is 12.8. The summed E-state index contributed by atoms with van der Waals surface area (Å²) in [5.74, 6) is 1.91. The number of nitrogens with zero attached hydrogens (tertiary/aromatic N) is 1. The summed E-state index contributed by atoms with van der Waals surface area (Å²) in [6.07, 6.45) is 1.65. The number of ether oxygens (including phenoxy) is 2. The third kappa shape index (κ3) is 5.62. The first-order valence-corrected chi connectivity index (χ1v) is 9.74. The zero-order valence-electron chi connectivity index (χ0n) is 17.8. The number of benzene rings is 2. The lowest BCUT2D eigenvalue weighted by Crippen LogP contribution is -3.00. The summed E-state index contributed by atoms with van der Waals surface area (Å²) >= 11 is 0. The van der Waals surface area contributed by atoms with Crippen molar-refractivity contribution in [1.82, 2.24) is 0 Å². The van der Waals surface area contributed by atoms with Crippen LogP contribution in [0.25, 0.3) is 6.08 Å². The van der Waals surface area contributed by atoms with Crippen molar-refractivity contribution < 1.29 is 62.1 Å². The standard InChI is InChI=1S/C23H23F3NO2.HI.2H2O/c1-3-4-16-13-27(2)20(19-12-22-21(11-18(16)19)28-14-29-22)10-7-15-5-8-17(9-6-15)23(24,25)26;;;/h5-12,16H,3-4,13-14H2,1-2H3;1H;2*1H2/q+1;;;/p-1. The van der Waals surface area contributed by atoms with Gasteiger partial charge in [0.2, 0.25) is 12.5 Å². The van der Waals surface area contributed by atoms with Crippen LogP contribution >= 0.6 is 0 Å². The average molecular weight is 565 g/mol. The number of hydrogen-bond donors (Lipinski definition) is 0. The van der Waals surface area contributed by atoms with E-state index in [0.29, 0.717) is 5.92 Å². The summed E-state index contributed by atoms with van der Waals surface area (Å²) in [6, 6.07) is 9.29. The summed E-state index contributed by atoms with van der Waals surface area (Å²) in [5, 5.41) is 0. The van der Waals surface area contributed by atoms with Gasteiger partial charge in [-0.25, -0.2) is 4.58 Å². The van der Waals surface area contributed by atoms with Crippen molar-refractivity contribution in [1.29, 1.82) is 0 Å². The van der Waals surface area contributed by atoms with Gasteiger partial charge in [-0.05, 0) is 47.9 Å². The van der Waals surface area contributed by atoms with E-state index in [-0.39, 0.29) is 41.7 Å². The first kappa shape index (κ1) is 27.9. The molecule has 5 nitrogen and oxygen atoms in total. The molecule has 0 amide bonds. The van der Waals surface area contributed by atoms with Crippen LogP contribution in [0.1, 0.15) is 47.9 Å². The van der Waals surface area contributed by atoms with Crippen LogP contribution < -0.4 is 33.5 Å². The number of fused-ring (bicyclic) bond motifs is 2. The Morgan fingerprint density at radius 1 is 1.03 bits per heavy atom. The van der Waals surface area contributed by atoms with Gasteiger partial charge in [-0.1, -0.05) is 25.5 Å². The van der Waals surface area contributed by atoms with E-state index in [0.717, 1.165) is 59.9 Å². The Hall–Kier alpha value is -2.11. The minimum atomic E-state index is -4.32. The molecule has 4 rings (SSSR count). The molecule has 0 fully saturated rings. The Morgan fingerprint density at radius 2 is 1.66 bits per heavy atom. The maximum Gasteiger partial charge on any atom is 0.416 e. The molecule has 0 aliphatic carbocycles. The van der Waals surface area contributed by atoms with Crippen molar-refractivity contribution >= 4 is 11.8 Å². The van der Waals surface area contributed by atoms with Crippen LogP contribution in [-0.2, 0) is 6.18 Å². The van der Waals surface area contributed by atoms with Gasteiger partial charge in [0, 0.05) is 12.0 Å². The molecule has 9 heteroatoms. The molecule has 0 radical (unpaired) electrons. The topological polar surface area (TPSA) is 84.5 Å². The van der Waals surface area contributed by atoms with Gasteiger partial charge in [-0.3, -0.25) is 0 Å². The average Bonchev–Trinajstić information content (AvgIpc) is 3.14. The second-order valence-corrected chi connectivity index (χ2v) is 7.50. The molecular formula is C23H27F3INO4. The fourth-order valence-electron chi connectivity index (χ4n) is 4.02. The molecule has 0 saturated heterocycles. The van der Waals surface area contributed by atoms with E-state index in [1.807, 2.05) is 25.3 Å². The van der Waals surface area contributed by atoms with E-state index in [9.17, 15) is 13.2 Å². The Morgan fingerprint density at radius 3 is 2.25 bits per heavy atom. The highest BCUT2D eigenvalue weighted by molar-refractivity contribution is 6.09. The summed E-state index contributed by atoms with van der Waals surface area (Å²) in [5.41, 5.74) is 3.42. The summed E-state index contributed by atoms with van der Waals surface area (Å²) in [4.78, 5) is 0. The van der Waals surface area contributed by atoms with Gasteiger partial charge in [0.05, 0.1) is 11.1 Å². The number of alkyl halides is 3. The predicted octanol–water partition coefficient (Wildman–Crippen LogP) is 0.831. The first-order valence-electron chi connectivity index (χ1n) is 9.74. The summed E-state index contributed by atoms with van der Waals surface area (Å²) < 4.78 is 51.6. The number of rotatable bonds is 4. The van der Waals surface area contributed by atoms with Crippen LogP contribution in [-0.4, -0.2) is 41.6 Å². The molecule has 2 heterocycles. The van der Waals surface area contributed by atoms with Crippen LogP contribution in [0.4, 0.5) is 13.2 Å². The van der Waals surface area contributed by atoms with Gasteiger partial charge in [0.1, 0.15) is 13.6 Å². The van der Waals surface area contributed by atoms with Crippen molar-refractivity contribution in [2.75, 3.05) is 20.4 Å². The maximum absolute atomic E-state index is 12.8. The molecule has 2 aromatic carbocycles. The molecule has 1 unspecified atom stereocenters. The fourth-order valence-corrected chi connectivity index (χ4v) is 4.02. The molecule has 32 heavy (non-hydrogen) atoms. The van der Waals surface area contributed by atoms with E-state index in [4.69, 9.17) is 9.47 Å². The molecule has 1 atom stereocenters. The minimum absolute atomic E-state index is 0. The number of halogens is 4. The SMILES string of the molecule is CCCC1C[N+](C)=C(C=Cc2ccc(C(F)(F)F)cc2)c2cc3c(cc21)OCO3.O.O.[I-]. The van der Waals surface area contributed by atoms with Crippen LogP contribution in [0.5, 0.6) is 11.5 Å². The summed E-state index contributed by atoms with van der Waals surface area (Å²) in [7, 11) is 2.04. The van der Waals surface area contributed by atoms with E-state index in [2.05, 4.69) is 17.6 Å². The molecule has 2 aliphatic heterocycles. The highest BCUT2D eigenvalue weighted by Crippen LogP contribution is 2.40. The van der Waals surface area contributed by atoms with Crippen molar-refractivity contribution in [3.63, 3.8) is 0 Å². The number of likely N-dealkylation sites (N-methyl/N-ethyl adjacent to an activating group) is 1. The summed E-state index contributed by atoms with van der Waals surface area (Å²) in [6.45, 7) is 3.28. The van der Waals surface area contributed by atoms with Crippen molar-refractivity contribution in [3.05, 3.63) is 64.7 Å². The Labute approximate surface area is 202 Å². The smallest absolute Gasteiger partial charge is 0.416 e. The van der Waals surface area contributed by atoms with Crippen LogP contribution in [0.15, 0.2) is 42.5 Å². The number of allylic oxidation sites excluding steroid dienone is 1. The molecule has 2 aromatic rings. The van der Waals surface area contributed by atoms with Gasteiger partial charge in [0.25, 0.3) is 0 Å². The number of hydrogen-bond acceptors (Lipinski definition) is 2. The minimum Gasteiger partial charge on any atom is -1.00 e. The molecular weight excluding hydrogens is 538 g/mol. The highest BCUT2D eigenvalue weighted by atomic mass is 127. The van der Waals surface area contributed by atoms with Gasteiger partial charge in [0.15, 0.2) is 11.5 Å². The fraction of sp³-hybridized carbons (Fsp3) is 0.348. The van der Waals surface area contributed by atoms with Gasteiger partial charge in [-0.15, -0.1) is 0 Å². The second-order valence-electron chi connectivity index (χ2n) is 7.50. The zero-order valence-corrected chi connectivity index (χ0v) is 20.0. The highest BCUT2D eigenvalue weighted by Gasteiger charge is 2.32. The van der Waals surface area contributed by atoms with Crippen molar-refractivity contribution in [2.24, 2.45) is 0 Å². The molecule has 0 bridgehead atoms. The van der Waals surface area contributed by atoms with Crippen molar-refractivity contribution in [2.45, 2.75) is 31.9 Å². The van der Waals surface area contributed by atoms with E-state index < -0.39 is 11.7 Å². The third-order valence-electron chi connectivity index (χ3n) is 5.47. The molecule has 0 aromatic heterocycles. The van der Waals surface area contributed by atoms with Crippen LogP contribution in [0.2, 0.25) is 0 Å². The first-order chi connectivity index (χ1) is 13.9. The largest absolute Gasteiger partial charge is 1.00 e. The lowest BCUT2D eigenvalue weighted by Gasteiger charge is -2.23. The molecule has 0 spiro atoms. The van der Waals surface area contributed by atoms with E-state index in [1.54, 1.807) is 0 Å². The molecule has 2 aliphatic rings. The third-order valence-corrected chi connectivity index (χ3v) is 5.47. The predicted molar refractivity (Wildman–Crippen MR) is 113 cm³/mol. The lowest BCUT2D eigenvalue weighted by molar-refractivity contribution is -0.501. The second kappa shape index (κ2) is 11.2. The normalized spacial score (nSPS) is 16.7. The Bertz CT molecular complexity index is 988. The zero-order chi connectivity index (χ0) is 20.6. The molecule has 0 saturated carbocycles. The van der Waals surface area contributed by atoms with Crippen LogP contribution in [0.3, 0.4) is 0 Å². The Balaban J connectivity index is 0.00000171. The van der Waals surface area contributed by atoms with Crippen LogP contribution in [0, 0.1) is 0 Å². The lowest BCUT2D eigenvalue weighted by atomic mass is 9.85. The molecule has 4 N–H and O–H groups in total. The van der Waals surface area contributed by atoms with E-state index >= 15 is 0 Å². The van der Waals surface area contributed by atoms with Crippen molar-refractivity contribution in [3.8, 4) is 11.5 Å².